The number of rotatable bonds is 19. The zero-order valence-corrected chi connectivity index (χ0v) is 48.6. The van der Waals surface area contributed by atoms with E-state index in [9.17, 15) is 24.3 Å². The minimum atomic E-state index is -3.08. The third-order valence-electron chi connectivity index (χ3n) is 16.4. The molecule has 0 aromatic carbocycles. The molecule has 4 aliphatic rings. The lowest BCUT2D eigenvalue weighted by molar-refractivity contribution is -0.340. The summed E-state index contributed by atoms with van der Waals surface area (Å²) in [7, 11) is 0.0538. The number of hydrogen-bond acceptors (Lipinski definition) is 18. The highest BCUT2D eigenvalue weighted by Crippen LogP contribution is 2.66. The molecule has 3 heterocycles. The van der Waals surface area contributed by atoms with Crippen LogP contribution >= 0.6 is 21.6 Å². The Bertz CT molecular complexity index is 2370. The fourth-order valence-corrected chi connectivity index (χ4v) is 19.6. The molecule has 3 fully saturated rings. The molecule has 2 aromatic heterocycles. The Hall–Kier alpha value is -4.08. The number of fused-ring (bicyclic) bond motifs is 5. The monoisotopic (exact) mass is 1090 g/mol. The third kappa shape index (κ3) is 10.9. The van der Waals surface area contributed by atoms with Crippen molar-refractivity contribution in [1.82, 2.24) is 5.32 Å². The molecule has 20 heteroatoms. The van der Waals surface area contributed by atoms with Gasteiger partial charge < -0.3 is 52.1 Å². The molecule has 0 unspecified atom stereocenters. The number of nitrogens with one attached hydrogen (secondary N) is 1. The minimum absolute atomic E-state index is 0.0000262. The Morgan fingerprint density at radius 3 is 2.16 bits per heavy atom. The molecule has 11 atom stereocenters. The van der Waals surface area contributed by atoms with E-state index >= 15 is 9.59 Å². The van der Waals surface area contributed by atoms with Crippen molar-refractivity contribution in [3.8, 4) is 0 Å². The minimum Gasteiger partial charge on any atom is -0.472 e. The summed E-state index contributed by atoms with van der Waals surface area (Å²) >= 11 is 0. The molecule has 6 rings (SSSR count). The summed E-state index contributed by atoms with van der Waals surface area (Å²) in [5, 5.41) is 17.1. The number of carbonyl (C=O) groups is 6. The van der Waals surface area contributed by atoms with Crippen LogP contribution in [0.15, 0.2) is 57.0 Å². The second-order valence-corrected chi connectivity index (χ2v) is 31.3. The molecule has 74 heavy (non-hydrogen) atoms. The highest BCUT2D eigenvalue weighted by molar-refractivity contribution is 8.76. The van der Waals surface area contributed by atoms with Gasteiger partial charge in [0.1, 0.15) is 47.6 Å². The normalized spacial score (nSPS) is 29.5. The SMILES string of the molecule is CSSCCCC(=O)O[C@H]1C(=O)[C@@]2(C)[C@H]([C@H](OC(=O)c3ccoc3)[C@]3(O)C[C@H](OC(=O)[C@H](O[Si](C(C)C)(C(C)C)C(C)C)[C@@H](NC(=O)OC(C)(C)C)c4ccco4)C(C)=C1C3(C)C)[C@]1(OC(C)=O)CO[C@@H]1C[C@@H]2C. The molecule has 1 amide bonds. The number of alkyl carbamates (subject to hydrolysis) is 1. The first-order valence-corrected chi connectivity index (χ1v) is 30.6. The van der Waals surface area contributed by atoms with Gasteiger partial charge in [-0.25, -0.2) is 14.4 Å². The molecule has 17 nitrogen and oxygen atoms in total. The number of Topliss-reactive ketones (excluding diaryl/α,β-unsaturated/α-hetero) is 1. The van der Waals surface area contributed by atoms with Gasteiger partial charge in [0.2, 0.25) is 8.32 Å². The largest absolute Gasteiger partial charge is 0.472 e. The van der Waals surface area contributed by atoms with Crippen molar-refractivity contribution in [2.75, 3.05) is 18.6 Å². The number of esters is 4. The fourth-order valence-electron chi connectivity index (χ4n) is 12.8. The van der Waals surface area contributed by atoms with E-state index < -0.39 is 127 Å². The van der Waals surface area contributed by atoms with Crippen LogP contribution in [0.2, 0.25) is 16.6 Å². The molecule has 2 aromatic rings. The van der Waals surface area contributed by atoms with Crippen molar-refractivity contribution in [3.05, 3.63) is 59.5 Å². The van der Waals surface area contributed by atoms with Gasteiger partial charge in [0.15, 0.2) is 23.6 Å². The number of hydrogen-bond donors (Lipinski definition) is 2. The molecule has 3 aliphatic carbocycles. The second kappa shape index (κ2) is 22.5. The first-order valence-electron chi connectivity index (χ1n) is 25.7. The molecule has 1 aliphatic heterocycles. The van der Waals surface area contributed by atoms with E-state index in [4.69, 9.17) is 41.7 Å². The van der Waals surface area contributed by atoms with E-state index in [1.54, 1.807) is 82.2 Å². The summed E-state index contributed by atoms with van der Waals surface area (Å²) in [5.41, 5.74) is -7.91. The zero-order valence-electron chi connectivity index (χ0n) is 45.9. The van der Waals surface area contributed by atoms with Crippen molar-refractivity contribution in [2.45, 2.75) is 200 Å². The van der Waals surface area contributed by atoms with E-state index in [-0.39, 0.29) is 53.0 Å². The fraction of sp³-hybridized carbons (Fsp3) is 0.704. The maximum absolute atomic E-state index is 16.3. The second-order valence-electron chi connectivity index (χ2n) is 23.2. The smallest absolute Gasteiger partial charge is 0.408 e. The van der Waals surface area contributed by atoms with Gasteiger partial charge in [-0.05, 0) is 98.7 Å². The van der Waals surface area contributed by atoms with E-state index in [0.717, 1.165) is 0 Å². The summed E-state index contributed by atoms with van der Waals surface area (Å²) in [4.78, 5) is 87.9. The van der Waals surface area contributed by atoms with Gasteiger partial charge in [-0.15, -0.1) is 0 Å². The number of aliphatic hydroxyl groups is 1. The van der Waals surface area contributed by atoms with Gasteiger partial charge in [0.05, 0.1) is 30.6 Å². The molecular formula is C54H79NO16S2Si. The molecule has 2 saturated carbocycles. The van der Waals surface area contributed by atoms with Gasteiger partial charge in [0, 0.05) is 36.3 Å². The summed E-state index contributed by atoms with van der Waals surface area (Å²) < 4.78 is 56.5. The van der Waals surface area contributed by atoms with Crippen LogP contribution in [0.3, 0.4) is 0 Å². The van der Waals surface area contributed by atoms with Gasteiger partial charge in [-0.2, -0.15) is 0 Å². The van der Waals surface area contributed by atoms with E-state index in [2.05, 4.69) is 5.32 Å². The van der Waals surface area contributed by atoms with Crippen LogP contribution in [-0.4, -0.2) is 115 Å². The van der Waals surface area contributed by atoms with Crippen LogP contribution in [0.5, 0.6) is 0 Å². The number of carbonyl (C=O) groups excluding carboxylic acids is 6. The Morgan fingerprint density at radius 2 is 1.64 bits per heavy atom. The van der Waals surface area contributed by atoms with Crippen molar-refractivity contribution in [1.29, 1.82) is 0 Å². The molecule has 2 N–H and O–H groups in total. The molecule has 0 spiro atoms. The third-order valence-corrected chi connectivity index (χ3v) is 24.4. The van der Waals surface area contributed by atoms with E-state index in [1.807, 2.05) is 54.7 Å². The first kappa shape index (κ1) is 59.2. The lowest BCUT2D eigenvalue weighted by atomic mass is 9.43. The highest BCUT2D eigenvalue weighted by atomic mass is 33.1. The van der Waals surface area contributed by atoms with Gasteiger partial charge in [-0.3, -0.25) is 14.4 Å². The van der Waals surface area contributed by atoms with Crippen molar-refractivity contribution in [2.24, 2.45) is 22.7 Å². The maximum Gasteiger partial charge on any atom is 0.408 e. The molecule has 1 saturated heterocycles. The first-order chi connectivity index (χ1) is 34.4. The summed E-state index contributed by atoms with van der Waals surface area (Å²) in [6.07, 6.45) is -2.05. The van der Waals surface area contributed by atoms with Crippen LogP contribution in [0, 0.1) is 22.7 Å². The van der Waals surface area contributed by atoms with Crippen molar-refractivity contribution in [3.63, 3.8) is 0 Å². The van der Waals surface area contributed by atoms with Gasteiger partial charge >= 0.3 is 30.0 Å². The molecule has 2 bridgehead atoms. The van der Waals surface area contributed by atoms with Crippen molar-refractivity contribution >= 4 is 65.7 Å². The summed E-state index contributed by atoms with van der Waals surface area (Å²) in [5.74, 6) is -4.95. The quantitative estimate of drug-likeness (QED) is 0.0333. The molecule has 0 radical (unpaired) electrons. The van der Waals surface area contributed by atoms with Crippen LogP contribution in [-0.2, 0) is 52.0 Å². The summed E-state index contributed by atoms with van der Waals surface area (Å²) in [6, 6.07) is 3.30. The van der Waals surface area contributed by atoms with Crippen LogP contribution in [0.25, 0.3) is 0 Å². The Kier molecular flexibility index (Phi) is 18.0. The zero-order chi connectivity index (χ0) is 55.1. The summed E-state index contributed by atoms with van der Waals surface area (Å²) in [6.45, 7) is 27.0. The molecular weight excluding hydrogens is 1010 g/mol. The number of furan rings is 2. The van der Waals surface area contributed by atoms with Crippen LogP contribution < -0.4 is 5.32 Å². The van der Waals surface area contributed by atoms with Crippen LogP contribution in [0.1, 0.15) is 152 Å². The topological polar surface area (TPSA) is 226 Å². The predicted molar refractivity (Wildman–Crippen MR) is 280 cm³/mol. The van der Waals surface area contributed by atoms with Crippen molar-refractivity contribution < 1.29 is 75.6 Å². The lowest BCUT2D eigenvalue weighted by Gasteiger charge is -2.68. The average Bonchev–Trinajstić information content (AvgIpc) is 4.04. The number of ketones is 1. The number of ether oxygens (including phenoxy) is 6. The maximum atomic E-state index is 16.3. The number of amides is 1. The Balaban J connectivity index is 1.62. The predicted octanol–water partition coefficient (Wildman–Crippen LogP) is 10.3. The van der Waals surface area contributed by atoms with E-state index in [0.29, 0.717) is 17.7 Å². The average molecular weight is 1090 g/mol. The lowest BCUT2D eigenvalue weighted by Crippen LogP contribution is -2.81. The standard InChI is InChI=1S/C54H79NO16S2Si/c1-29(2)74(30(3)4,31(5)6)71-43(41(36-19-17-22-64-36)55-49(61)70-50(10,11)12)48(60)66-37-26-54(62)46(68-47(59)35-21-23-63-27-35)44-52(15,32(7)25-38-53(44,28-65-38)69-34(9)56)45(58)42(40(33(37)8)51(54,13)14)67-39(57)20-18-24-73-72-16/h17,19,21-23,27,29-32,37-38,41-44,46,62H,18,20,24-26,28H2,1-16H3,(H,55,61)/t32-,37-,38+,41-,42+,43+,44-,46-,52+,53-,54+/m0/s1. The Labute approximate surface area is 444 Å². The Morgan fingerprint density at radius 1 is 0.973 bits per heavy atom. The van der Waals surface area contributed by atoms with E-state index in [1.165, 1.54) is 31.8 Å². The highest BCUT2D eigenvalue weighted by Gasteiger charge is 2.78. The molecule has 412 valence electrons. The van der Waals surface area contributed by atoms with Gasteiger partial charge in [0.25, 0.3) is 0 Å². The van der Waals surface area contributed by atoms with Gasteiger partial charge in [-0.1, -0.05) is 90.8 Å². The van der Waals surface area contributed by atoms with Crippen LogP contribution in [0.4, 0.5) is 4.79 Å².